The van der Waals surface area contributed by atoms with Crippen LogP contribution in [0.4, 0.5) is 9.59 Å². The summed E-state index contributed by atoms with van der Waals surface area (Å²) in [5, 5.41) is 1.56. The quantitative estimate of drug-likeness (QED) is 0.257. The van der Waals surface area contributed by atoms with E-state index in [-0.39, 0.29) is 48.5 Å². The lowest BCUT2D eigenvalue weighted by atomic mass is 10.3. The molecule has 4 aliphatic heterocycles. The standard InChI is InChI=1S/C8H14N2O2.2C8H14N2OS.C8H14N2S2/c1-4-9-5-7(11)10(6(2)3)8(9)12;1-4-9-5-7(12)10(6(2)3)8(9)11;2*1-4-9-5-7(11)10(6(2)3)8(9)12/h4*6H,4-5H2,1-3H3. The molecule has 0 unspecified atom stereocenters. The Morgan fingerprint density at radius 1 is 0.438 bits per heavy atom. The maximum Gasteiger partial charge on any atom is 0.327 e. The molecule has 0 aromatic heterocycles. The van der Waals surface area contributed by atoms with E-state index in [4.69, 9.17) is 48.9 Å². The van der Waals surface area contributed by atoms with Crippen molar-refractivity contribution in [2.45, 2.75) is 107 Å². The zero-order chi connectivity index (χ0) is 37.2. The highest BCUT2D eigenvalue weighted by atomic mass is 32.1. The number of urea groups is 2. The maximum atomic E-state index is 11.6. The van der Waals surface area contributed by atoms with Crippen molar-refractivity contribution in [3.8, 4) is 0 Å². The average molecular weight is 745 g/mol. The number of thiocarbonyl (C=S) groups is 4. The topological polar surface area (TPSA) is 94.2 Å². The zero-order valence-electron chi connectivity index (χ0n) is 30.8. The summed E-state index contributed by atoms with van der Waals surface area (Å²) >= 11 is 20.8. The van der Waals surface area contributed by atoms with Gasteiger partial charge in [0.25, 0.3) is 5.91 Å². The lowest BCUT2D eigenvalue weighted by Crippen LogP contribution is -2.37. The van der Waals surface area contributed by atoms with Crippen LogP contribution in [0.1, 0.15) is 83.1 Å². The molecule has 272 valence electrons. The number of carbonyl (C=O) groups excluding carboxylic acids is 4. The van der Waals surface area contributed by atoms with Gasteiger partial charge in [0.15, 0.2) is 10.2 Å². The van der Waals surface area contributed by atoms with E-state index in [9.17, 15) is 19.2 Å². The van der Waals surface area contributed by atoms with E-state index in [0.717, 1.165) is 41.3 Å². The van der Waals surface area contributed by atoms with Gasteiger partial charge in [-0.2, -0.15) is 0 Å². The van der Waals surface area contributed by atoms with Crippen molar-refractivity contribution in [1.82, 2.24) is 39.2 Å². The normalized spacial score (nSPS) is 18.3. The second-order valence-electron chi connectivity index (χ2n) is 12.6. The smallest absolute Gasteiger partial charge is 0.327 e. The zero-order valence-corrected chi connectivity index (χ0v) is 34.1. The first-order valence-corrected chi connectivity index (χ1v) is 18.4. The average Bonchev–Trinajstić information content (AvgIpc) is 3.67. The van der Waals surface area contributed by atoms with Crippen molar-refractivity contribution in [1.29, 1.82) is 0 Å². The molecular weight excluding hydrogens is 689 g/mol. The van der Waals surface area contributed by atoms with E-state index >= 15 is 0 Å². The third-order valence-corrected chi connectivity index (χ3v) is 9.44. The van der Waals surface area contributed by atoms with E-state index < -0.39 is 0 Å². The van der Waals surface area contributed by atoms with Crippen LogP contribution in [0.2, 0.25) is 0 Å². The van der Waals surface area contributed by atoms with E-state index in [1.165, 1.54) is 4.90 Å². The van der Waals surface area contributed by atoms with Gasteiger partial charge in [-0.3, -0.25) is 24.3 Å². The summed E-state index contributed by atoms with van der Waals surface area (Å²) in [5.41, 5.74) is 0. The molecular formula is C32H56N8O4S4. The van der Waals surface area contributed by atoms with Crippen molar-refractivity contribution < 1.29 is 19.2 Å². The first-order valence-electron chi connectivity index (χ1n) is 16.7. The molecule has 0 aromatic rings. The fourth-order valence-corrected chi connectivity index (χ4v) is 7.26. The summed E-state index contributed by atoms with van der Waals surface area (Å²) in [6.07, 6.45) is 0. The fraction of sp³-hybridized carbons (Fsp3) is 0.750. The van der Waals surface area contributed by atoms with Crippen LogP contribution in [0.15, 0.2) is 0 Å². The van der Waals surface area contributed by atoms with Crippen LogP contribution in [0.5, 0.6) is 0 Å². The maximum absolute atomic E-state index is 11.6. The fourth-order valence-electron chi connectivity index (χ4n) is 5.29. The molecule has 0 saturated carbocycles. The van der Waals surface area contributed by atoms with Crippen LogP contribution in [-0.4, -0.2) is 160 Å². The molecule has 0 atom stereocenters. The highest BCUT2D eigenvalue weighted by Gasteiger charge is 2.37. The predicted molar refractivity (Wildman–Crippen MR) is 208 cm³/mol. The Hall–Kier alpha value is -2.56. The number of imide groups is 1. The summed E-state index contributed by atoms with van der Waals surface area (Å²) in [7, 11) is 0. The lowest BCUT2D eigenvalue weighted by Gasteiger charge is -2.23. The van der Waals surface area contributed by atoms with Crippen molar-refractivity contribution in [3.05, 3.63) is 0 Å². The first kappa shape index (κ1) is 43.5. The summed E-state index contributed by atoms with van der Waals surface area (Å²) in [4.78, 5) is 61.4. The Kier molecular flexibility index (Phi) is 17.7. The Morgan fingerprint density at radius 2 is 0.729 bits per heavy atom. The number of hydrogen-bond donors (Lipinski definition) is 0. The molecule has 0 aliphatic carbocycles. The molecule has 4 fully saturated rings. The molecule has 0 radical (unpaired) electrons. The van der Waals surface area contributed by atoms with Gasteiger partial charge in [0, 0.05) is 50.3 Å². The van der Waals surface area contributed by atoms with Crippen molar-refractivity contribution in [3.63, 3.8) is 0 Å². The van der Waals surface area contributed by atoms with Crippen molar-refractivity contribution >= 4 is 92.9 Å². The van der Waals surface area contributed by atoms with Gasteiger partial charge in [-0.25, -0.2) is 9.59 Å². The number of nitrogens with zero attached hydrogens (tertiary/aromatic N) is 8. The van der Waals surface area contributed by atoms with Crippen LogP contribution < -0.4 is 0 Å². The van der Waals surface area contributed by atoms with Gasteiger partial charge >= 0.3 is 12.1 Å². The van der Waals surface area contributed by atoms with Gasteiger partial charge in [-0.05, 0) is 108 Å². The second kappa shape index (κ2) is 19.6. The predicted octanol–water partition coefficient (Wildman–Crippen LogP) is 4.65. The van der Waals surface area contributed by atoms with Crippen LogP contribution in [0.3, 0.4) is 0 Å². The molecule has 0 aromatic carbocycles. The molecule has 16 heteroatoms. The lowest BCUT2D eigenvalue weighted by molar-refractivity contribution is -0.127. The van der Waals surface area contributed by atoms with Crippen molar-refractivity contribution in [2.75, 3.05) is 52.4 Å². The summed E-state index contributed by atoms with van der Waals surface area (Å²) in [5.74, 6) is 0.0358. The van der Waals surface area contributed by atoms with Crippen LogP contribution in [-0.2, 0) is 9.59 Å². The third kappa shape index (κ3) is 10.7. The molecule has 0 spiro atoms. The highest BCUT2D eigenvalue weighted by molar-refractivity contribution is 7.82. The Labute approximate surface area is 309 Å². The van der Waals surface area contributed by atoms with Gasteiger partial charge in [0.1, 0.15) is 16.5 Å². The monoisotopic (exact) mass is 744 g/mol. The van der Waals surface area contributed by atoms with Gasteiger partial charge in [0.05, 0.1) is 19.6 Å². The van der Waals surface area contributed by atoms with E-state index in [1.807, 2.05) is 72.1 Å². The van der Waals surface area contributed by atoms with Gasteiger partial charge in [-0.1, -0.05) is 24.4 Å². The number of rotatable bonds is 8. The molecule has 48 heavy (non-hydrogen) atoms. The van der Waals surface area contributed by atoms with Gasteiger partial charge < -0.3 is 24.5 Å². The number of hydrogen-bond acceptors (Lipinski definition) is 8. The van der Waals surface area contributed by atoms with Crippen molar-refractivity contribution in [2.24, 2.45) is 0 Å². The molecule has 4 saturated heterocycles. The molecule has 0 bridgehead atoms. The minimum atomic E-state index is -0.155. The summed E-state index contributed by atoms with van der Waals surface area (Å²) in [6, 6.07) is 0.626. The molecule has 6 amide bonds. The number of carbonyl (C=O) groups is 4. The molecule has 4 heterocycles. The number of likely N-dealkylation sites (N-methyl/N-ethyl adjacent to an activating group) is 4. The first-order chi connectivity index (χ1) is 22.3. The molecule has 4 rings (SSSR count). The highest BCUT2D eigenvalue weighted by Crippen LogP contribution is 2.16. The van der Waals surface area contributed by atoms with E-state index in [1.54, 1.807) is 19.6 Å². The van der Waals surface area contributed by atoms with E-state index in [2.05, 4.69) is 25.7 Å². The van der Waals surface area contributed by atoms with Crippen LogP contribution in [0, 0.1) is 0 Å². The second-order valence-corrected chi connectivity index (χ2v) is 14.3. The third-order valence-electron chi connectivity index (χ3n) is 7.88. The molecule has 12 nitrogen and oxygen atoms in total. The Bertz CT molecular complexity index is 1040. The molecule has 0 N–H and O–H groups in total. The Balaban J connectivity index is 0.000000320. The largest absolute Gasteiger partial charge is 0.342 e. The minimum Gasteiger partial charge on any atom is -0.342 e. The van der Waals surface area contributed by atoms with E-state index in [0.29, 0.717) is 30.8 Å². The van der Waals surface area contributed by atoms with Crippen LogP contribution >= 0.6 is 48.9 Å². The van der Waals surface area contributed by atoms with Gasteiger partial charge in [0.2, 0.25) is 5.91 Å². The molecule has 4 aliphatic rings. The number of amides is 6. The summed E-state index contributed by atoms with van der Waals surface area (Å²) < 4.78 is 0. The minimum absolute atomic E-state index is 0.0263. The van der Waals surface area contributed by atoms with Gasteiger partial charge in [-0.15, -0.1) is 0 Å². The Morgan fingerprint density at radius 3 is 0.979 bits per heavy atom. The summed E-state index contributed by atoms with van der Waals surface area (Å²) in [6.45, 7) is 29.0. The SMILES string of the molecule is CCN1CC(=O)N(C(C)C)C1=O.CCN1CC(=O)N(C(C)C)C1=S.CCN1CC(=S)N(C(C)C)C1=O.CCN1CC(=S)N(C(C)C)C1=S. The van der Waals surface area contributed by atoms with Crippen LogP contribution in [0.25, 0.3) is 0 Å².